The van der Waals surface area contributed by atoms with Gasteiger partial charge in [0.05, 0.1) is 4.90 Å². The van der Waals surface area contributed by atoms with Gasteiger partial charge in [0, 0.05) is 25.4 Å². The van der Waals surface area contributed by atoms with Crippen LogP contribution in [0.2, 0.25) is 0 Å². The Hall–Kier alpha value is -0.560. The first-order valence-corrected chi connectivity index (χ1v) is 9.95. The first kappa shape index (κ1) is 18.5. The molecule has 1 unspecified atom stereocenters. The van der Waals surface area contributed by atoms with Crippen LogP contribution in [0, 0.1) is 0 Å². The van der Waals surface area contributed by atoms with Crippen molar-refractivity contribution in [3.05, 3.63) is 29.3 Å². The Labute approximate surface area is 133 Å². The highest BCUT2D eigenvalue weighted by Gasteiger charge is 2.25. The van der Waals surface area contributed by atoms with E-state index in [1.165, 1.54) is 9.87 Å². The van der Waals surface area contributed by atoms with E-state index >= 15 is 0 Å². The second-order valence-electron chi connectivity index (χ2n) is 5.14. The zero-order chi connectivity index (χ0) is 16.0. The molecule has 0 aliphatic rings. The maximum atomic E-state index is 12.7. The molecule has 0 heterocycles. The van der Waals surface area contributed by atoms with Crippen LogP contribution >= 0.6 is 11.8 Å². The molecule has 0 aliphatic heterocycles. The molecular weight excluding hydrogens is 304 g/mol. The number of thioether (sulfide) groups is 1. The van der Waals surface area contributed by atoms with E-state index < -0.39 is 10.0 Å². The Bertz CT molecular complexity index is 559. The molecule has 0 spiro atoms. The molecule has 120 valence electrons. The van der Waals surface area contributed by atoms with Gasteiger partial charge in [0.1, 0.15) is 0 Å². The van der Waals surface area contributed by atoms with Gasteiger partial charge in [-0.15, -0.1) is 0 Å². The highest BCUT2D eigenvalue weighted by atomic mass is 32.2. The molecule has 1 atom stereocenters. The van der Waals surface area contributed by atoms with Crippen LogP contribution < -0.4 is 5.32 Å². The molecule has 1 aromatic rings. The number of aryl methyl sites for hydroxylation is 1. The molecule has 6 heteroatoms. The van der Waals surface area contributed by atoms with Crippen LogP contribution in [-0.4, -0.2) is 44.9 Å². The van der Waals surface area contributed by atoms with Crippen LogP contribution in [-0.2, 0) is 23.0 Å². The average Bonchev–Trinajstić information content (AvgIpc) is 2.46. The average molecular weight is 331 g/mol. The Morgan fingerprint density at radius 2 is 2.00 bits per heavy atom. The third-order valence-electron chi connectivity index (χ3n) is 3.63. The van der Waals surface area contributed by atoms with Crippen LogP contribution in [0.4, 0.5) is 0 Å². The molecule has 1 N–H and O–H groups in total. The number of hydrogen-bond donors (Lipinski definition) is 1. The third kappa shape index (κ3) is 4.45. The van der Waals surface area contributed by atoms with Gasteiger partial charge in [0.15, 0.2) is 0 Å². The lowest BCUT2D eigenvalue weighted by Gasteiger charge is -2.24. The zero-order valence-corrected chi connectivity index (χ0v) is 15.1. The number of nitrogens with one attached hydrogen (secondary N) is 1. The maximum absolute atomic E-state index is 12.7. The molecule has 0 fully saturated rings. The normalized spacial score (nSPS) is 13.6. The van der Waals surface area contributed by atoms with Gasteiger partial charge in [0.25, 0.3) is 0 Å². The van der Waals surface area contributed by atoms with Gasteiger partial charge in [0.2, 0.25) is 10.0 Å². The summed E-state index contributed by atoms with van der Waals surface area (Å²) in [6.45, 7) is 4.69. The molecular formula is C15H26N2O2S2. The Balaban J connectivity index is 3.16. The second-order valence-corrected chi connectivity index (χ2v) is 8.05. The summed E-state index contributed by atoms with van der Waals surface area (Å²) < 4.78 is 26.9. The summed E-state index contributed by atoms with van der Waals surface area (Å²) in [5, 5.41) is 3.10. The molecule has 0 amide bonds. The summed E-state index contributed by atoms with van der Waals surface area (Å²) in [6.07, 6.45) is 2.88. The summed E-state index contributed by atoms with van der Waals surface area (Å²) in [7, 11) is 0.0888. The second kappa shape index (κ2) is 8.17. The van der Waals surface area contributed by atoms with E-state index in [0.717, 1.165) is 17.7 Å². The highest BCUT2D eigenvalue weighted by Crippen LogP contribution is 2.21. The predicted molar refractivity (Wildman–Crippen MR) is 91.4 cm³/mol. The van der Waals surface area contributed by atoms with Crippen molar-refractivity contribution < 1.29 is 8.42 Å². The minimum atomic E-state index is -3.43. The topological polar surface area (TPSA) is 49.4 Å². The molecule has 1 rings (SSSR count). The molecule has 0 saturated heterocycles. The standard InChI is InChI=1S/C15H26N2O2S2/c1-6-13-7-8-15(9-14(13)10-16-3)21(18,19)17(4)12(2)11-20-5/h7-9,12,16H,6,10-11H2,1-5H3. The number of hydrogen-bond acceptors (Lipinski definition) is 4. The van der Waals surface area contributed by atoms with Crippen LogP contribution in [0.15, 0.2) is 23.1 Å². The molecule has 0 aliphatic carbocycles. The third-order valence-corrected chi connectivity index (χ3v) is 6.41. The van der Waals surface area contributed by atoms with E-state index in [4.69, 9.17) is 0 Å². The van der Waals surface area contributed by atoms with Crippen molar-refractivity contribution in [3.63, 3.8) is 0 Å². The number of rotatable bonds is 8. The van der Waals surface area contributed by atoms with Gasteiger partial charge < -0.3 is 5.32 Å². The Morgan fingerprint density at radius 1 is 1.33 bits per heavy atom. The number of nitrogens with zero attached hydrogens (tertiary/aromatic N) is 1. The van der Waals surface area contributed by atoms with Crippen molar-refractivity contribution in [2.75, 3.05) is 26.1 Å². The fourth-order valence-corrected chi connectivity index (χ4v) is 4.42. The van der Waals surface area contributed by atoms with Crippen molar-refractivity contribution in [1.82, 2.24) is 9.62 Å². The summed E-state index contributed by atoms with van der Waals surface area (Å²) in [4.78, 5) is 0.375. The fraction of sp³-hybridized carbons (Fsp3) is 0.600. The molecule has 0 bridgehead atoms. The van der Waals surface area contributed by atoms with Crippen LogP contribution in [0.3, 0.4) is 0 Å². The molecule has 0 radical (unpaired) electrons. The number of benzene rings is 1. The fourth-order valence-electron chi connectivity index (χ4n) is 2.21. The summed E-state index contributed by atoms with van der Waals surface area (Å²) >= 11 is 1.65. The quantitative estimate of drug-likeness (QED) is 0.795. The van der Waals surface area contributed by atoms with Crippen molar-refractivity contribution >= 4 is 21.8 Å². The minimum Gasteiger partial charge on any atom is -0.316 e. The molecule has 0 saturated carbocycles. The predicted octanol–water partition coefficient (Wildman–Crippen LogP) is 2.34. The lowest BCUT2D eigenvalue weighted by atomic mass is 10.1. The van der Waals surface area contributed by atoms with Crippen molar-refractivity contribution in [1.29, 1.82) is 0 Å². The van der Waals surface area contributed by atoms with E-state index in [1.54, 1.807) is 30.9 Å². The van der Waals surface area contributed by atoms with E-state index in [1.807, 2.05) is 26.3 Å². The largest absolute Gasteiger partial charge is 0.316 e. The van der Waals surface area contributed by atoms with Crippen LogP contribution in [0.1, 0.15) is 25.0 Å². The lowest BCUT2D eigenvalue weighted by Crippen LogP contribution is -2.36. The zero-order valence-electron chi connectivity index (χ0n) is 13.5. The van der Waals surface area contributed by atoms with Crippen molar-refractivity contribution in [2.45, 2.75) is 37.8 Å². The monoisotopic (exact) mass is 330 g/mol. The minimum absolute atomic E-state index is 0.0244. The van der Waals surface area contributed by atoms with Gasteiger partial charge in [-0.05, 0) is 49.9 Å². The van der Waals surface area contributed by atoms with E-state index in [2.05, 4.69) is 12.2 Å². The Morgan fingerprint density at radius 3 is 2.52 bits per heavy atom. The summed E-state index contributed by atoms with van der Waals surface area (Å²) in [5.74, 6) is 0.784. The summed E-state index contributed by atoms with van der Waals surface area (Å²) in [5.41, 5.74) is 2.23. The smallest absolute Gasteiger partial charge is 0.243 e. The first-order chi connectivity index (χ1) is 9.88. The van der Waals surface area contributed by atoms with Gasteiger partial charge in [-0.2, -0.15) is 16.1 Å². The van der Waals surface area contributed by atoms with E-state index in [0.29, 0.717) is 11.4 Å². The van der Waals surface area contributed by atoms with Crippen LogP contribution in [0.5, 0.6) is 0 Å². The molecule has 1 aromatic carbocycles. The SMILES string of the molecule is CCc1ccc(S(=O)(=O)N(C)C(C)CSC)cc1CNC. The van der Waals surface area contributed by atoms with Crippen molar-refractivity contribution in [2.24, 2.45) is 0 Å². The number of sulfonamides is 1. The van der Waals surface area contributed by atoms with Crippen LogP contribution in [0.25, 0.3) is 0 Å². The first-order valence-electron chi connectivity index (χ1n) is 7.11. The molecule has 4 nitrogen and oxygen atoms in total. The van der Waals surface area contributed by atoms with Gasteiger partial charge >= 0.3 is 0 Å². The van der Waals surface area contributed by atoms with Gasteiger partial charge in [-0.1, -0.05) is 13.0 Å². The lowest BCUT2D eigenvalue weighted by molar-refractivity contribution is 0.415. The molecule has 21 heavy (non-hydrogen) atoms. The highest BCUT2D eigenvalue weighted by molar-refractivity contribution is 7.98. The van der Waals surface area contributed by atoms with Crippen molar-refractivity contribution in [3.8, 4) is 0 Å². The van der Waals surface area contributed by atoms with Gasteiger partial charge in [-0.25, -0.2) is 8.42 Å². The summed E-state index contributed by atoms with van der Waals surface area (Å²) in [6, 6.07) is 5.42. The Kier molecular flexibility index (Phi) is 7.20. The van der Waals surface area contributed by atoms with E-state index in [9.17, 15) is 8.42 Å². The van der Waals surface area contributed by atoms with Gasteiger partial charge in [-0.3, -0.25) is 0 Å². The van der Waals surface area contributed by atoms with E-state index in [-0.39, 0.29) is 6.04 Å². The molecule has 0 aromatic heterocycles. The maximum Gasteiger partial charge on any atom is 0.243 e.